The van der Waals surface area contributed by atoms with Gasteiger partial charge < -0.3 is 19.6 Å². The Morgan fingerprint density at radius 1 is 1.62 bits per heavy atom. The number of hydrogen-bond donors (Lipinski definition) is 3. The fraction of sp³-hybridized carbons (Fsp3) is 1.00. The summed E-state index contributed by atoms with van der Waals surface area (Å²) in [6.07, 6.45) is -0.681. The van der Waals surface area contributed by atoms with E-state index in [1.54, 1.807) is 6.92 Å². The summed E-state index contributed by atoms with van der Waals surface area (Å²) in [6, 6.07) is 0. The largest absolute Gasteiger partial charge is 0.390 e. The Hall–Kier alpha value is 0.0700. The minimum Gasteiger partial charge on any atom is -0.390 e. The normalized spacial score (nSPS) is 32.0. The quantitative estimate of drug-likeness (QED) is 0.568. The summed E-state index contributed by atoms with van der Waals surface area (Å²) >= 11 is 0. The van der Waals surface area contributed by atoms with Gasteiger partial charge in [-0.3, -0.25) is 4.57 Å². The van der Waals surface area contributed by atoms with Crippen molar-refractivity contribution in [2.75, 3.05) is 12.8 Å². The van der Waals surface area contributed by atoms with Gasteiger partial charge >= 0.3 is 7.60 Å². The summed E-state index contributed by atoms with van der Waals surface area (Å²) in [7, 11) is -3.99. The summed E-state index contributed by atoms with van der Waals surface area (Å²) in [4.78, 5) is 17.4. The first-order valence-electron chi connectivity index (χ1n) is 4.24. The van der Waals surface area contributed by atoms with Crippen molar-refractivity contribution in [2.24, 2.45) is 5.92 Å². The molecule has 0 aromatic rings. The maximum absolute atomic E-state index is 10.7. The topological polar surface area (TPSA) is 87.0 Å². The highest BCUT2D eigenvalue weighted by Gasteiger charge is 2.34. The molecule has 0 aromatic carbocycles. The van der Waals surface area contributed by atoms with Crippen molar-refractivity contribution >= 4 is 7.60 Å². The lowest BCUT2D eigenvalue weighted by Gasteiger charge is -2.21. The van der Waals surface area contributed by atoms with Gasteiger partial charge in [-0.2, -0.15) is 0 Å². The molecule has 0 bridgehead atoms. The molecule has 0 radical (unpaired) electrons. The zero-order valence-electron chi connectivity index (χ0n) is 7.46. The second kappa shape index (κ2) is 4.07. The Morgan fingerprint density at radius 3 is 2.62 bits per heavy atom. The fourth-order valence-electron chi connectivity index (χ4n) is 1.62. The molecule has 6 heteroatoms. The smallest absolute Gasteiger partial charge is 0.325 e. The molecule has 0 aromatic heterocycles. The average Bonchev–Trinajstić information content (AvgIpc) is 2.30. The molecule has 0 saturated carbocycles. The molecule has 0 spiro atoms. The van der Waals surface area contributed by atoms with Gasteiger partial charge in [0.2, 0.25) is 0 Å². The molecule has 1 aliphatic heterocycles. The molecule has 3 atom stereocenters. The molecule has 78 valence electrons. The highest BCUT2D eigenvalue weighted by molar-refractivity contribution is 7.51. The van der Waals surface area contributed by atoms with E-state index >= 15 is 0 Å². The molecule has 3 N–H and O–H groups in total. The third-order valence-electron chi connectivity index (χ3n) is 2.19. The van der Waals surface area contributed by atoms with E-state index in [1.807, 2.05) is 0 Å². The van der Waals surface area contributed by atoms with Gasteiger partial charge in [0.15, 0.2) is 0 Å². The Morgan fingerprint density at radius 2 is 2.23 bits per heavy atom. The van der Waals surface area contributed by atoms with Crippen LogP contribution in [0.3, 0.4) is 0 Å². The van der Waals surface area contributed by atoms with E-state index in [0.29, 0.717) is 13.0 Å². The first-order valence-corrected chi connectivity index (χ1v) is 6.04. The Balaban J connectivity index is 2.47. The maximum Gasteiger partial charge on any atom is 0.325 e. The lowest BCUT2D eigenvalue weighted by Crippen LogP contribution is -2.30. The van der Waals surface area contributed by atoms with Crippen LogP contribution in [-0.2, 0) is 9.30 Å². The van der Waals surface area contributed by atoms with E-state index in [9.17, 15) is 9.67 Å². The Kier molecular flexibility index (Phi) is 3.49. The lowest BCUT2D eigenvalue weighted by molar-refractivity contribution is 0.0119. The van der Waals surface area contributed by atoms with Crippen LogP contribution in [0.1, 0.15) is 13.3 Å². The molecule has 1 heterocycles. The van der Waals surface area contributed by atoms with E-state index in [2.05, 4.69) is 0 Å². The summed E-state index contributed by atoms with van der Waals surface area (Å²) in [6.45, 7) is 2.15. The number of ether oxygens (including phenoxy) is 1. The van der Waals surface area contributed by atoms with Crippen LogP contribution in [0.25, 0.3) is 0 Å². The third kappa shape index (κ3) is 3.37. The molecule has 1 fully saturated rings. The van der Waals surface area contributed by atoms with Gasteiger partial charge in [0.25, 0.3) is 0 Å². The number of hydrogen-bond acceptors (Lipinski definition) is 3. The molecule has 0 unspecified atom stereocenters. The summed E-state index contributed by atoms with van der Waals surface area (Å²) in [5, 5.41) is 9.38. The van der Waals surface area contributed by atoms with E-state index in [-0.39, 0.29) is 12.1 Å². The molecule has 1 rings (SSSR count). The van der Waals surface area contributed by atoms with Crippen molar-refractivity contribution < 1.29 is 24.2 Å². The van der Waals surface area contributed by atoms with Crippen molar-refractivity contribution in [3.8, 4) is 0 Å². The Bertz CT molecular complexity index is 213. The van der Waals surface area contributed by atoms with Crippen LogP contribution in [0.15, 0.2) is 0 Å². The molecule has 5 nitrogen and oxygen atoms in total. The zero-order valence-corrected chi connectivity index (χ0v) is 8.35. The molecule has 0 amide bonds. The van der Waals surface area contributed by atoms with Gasteiger partial charge in [-0.1, -0.05) is 6.92 Å². The van der Waals surface area contributed by atoms with Crippen molar-refractivity contribution in [1.29, 1.82) is 0 Å². The fourth-order valence-corrected chi connectivity index (χ4v) is 2.58. The Labute approximate surface area is 76.9 Å². The third-order valence-corrected chi connectivity index (χ3v) is 3.24. The SMILES string of the molecule is C[C@@H](CP(=O)(O)O)[C@H]1OCC[C@H]1O. The van der Waals surface area contributed by atoms with Crippen LogP contribution in [0.4, 0.5) is 0 Å². The average molecular weight is 210 g/mol. The van der Waals surface area contributed by atoms with Crippen LogP contribution in [0.2, 0.25) is 0 Å². The highest BCUT2D eigenvalue weighted by atomic mass is 31.2. The monoisotopic (exact) mass is 210 g/mol. The molecule has 0 aliphatic carbocycles. The van der Waals surface area contributed by atoms with Crippen LogP contribution < -0.4 is 0 Å². The van der Waals surface area contributed by atoms with Gasteiger partial charge in [-0.05, 0) is 12.3 Å². The van der Waals surface area contributed by atoms with E-state index in [1.165, 1.54) is 0 Å². The second-order valence-electron chi connectivity index (χ2n) is 3.52. The molecule has 1 saturated heterocycles. The number of aliphatic hydroxyl groups is 1. The van der Waals surface area contributed by atoms with Crippen molar-refractivity contribution in [2.45, 2.75) is 25.6 Å². The molecule has 13 heavy (non-hydrogen) atoms. The van der Waals surface area contributed by atoms with Gasteiger partial charge in [-0.15, -0.1) is 0 Å². The predicted molar refractivity (Wildman–Crippen MR) is 46.4 cm³/mol. The first kappa shape index (κ1) is 11.1. The maximum atomic E-state index is 10.7. The lowest BCUT2D eigenvalue weighted by atomic mass is 10.0. The highest BCUT2D eigenvalue weighted by Crippen LogP contribution is 2.39. The van der Waals surface area contributed by atoms with Gasteiger partial charge in [0, 0.05) is 6.61 Å². The van der Waals surface area contributed by atoms with Crippen molar-refractivity contribution in [1.82, 2.24) is 0 Å². The second-order valence-corrected chi connectivity index (χ2v) is 5.21. The standard InChI is InChI=1S/C7H15O5P/c1-5(4-13(9,10)11)7-6(8)2-3-12-7/h5-8H,2-4H2,1H3,(H2,9,10,11)/t5-,6+,7+/m0/s1. The summed E-state index contributed by atoms with van der Waals surface area (Å²) < 4.78 is 15.8. The van der Waals surface area contributed by atoms with Crippen LogP contribution in [0, 0.1) is 5.92 Å². The van der Waals surface area contributed by atoms with Crippen LogP contribution >= 0.6 is 7.60 Å². The predicted octanol–water partition coefficient (Wildman–Crippen LogP) is -0.0500. The van der Waals surface area contributed by atoms with Crippen LogP contribution in [-0.4, -0.2) is 39.9 Å². The zero-order chi connectivity index (χ0) is 10.1. The minimum absolute atomic E-state index is 0.227. The minimum atomic E-state index is -3.99. The van der Waals surface area contributed by atoms with Crippen molar-refractivity contribution in [3.63, 3.8) is 0 Å². The number of aliphatic hydroxyl groups excluding tert-OH is 1. The van der Waals surface area contributed by atoms with Crippen LogP contribution in [0.5, 0.6) is 0 Å². The molecular weight excluding hydrogens is 195 g/mol. The van der Waals surface area contributed by atoms with E-state index in [0.717, 1.165) is 0 Å². The van der Waals surface area contributed by atoms with Gasteiger partial charge in [0.1, 0.15) is 0 Å². The molecular formula is C7H15O5P. The van der Waals surface area contributed by atoms with Gasteiger partial charge in [-0.25, -0.2) is 0 Å². The van der Waals surface area contributed by atoms with E-state index in [4.69, 9.17) is 14.5 Å². The summed E-state index contributed by atoms with van der Waals surface area (Å²) in [5.74, 6) is -0.307. The summed E-state index contributed by atoms with van der Waals surface area (Å²) in [5.41, 5.74) is 0. The van der Waals surface area contributed by atoms with E-state index < -0.39 is 19.8 Å². The molecule has 1 aliphatic rings. The van der Waals surface area contributed by atoms with Crippen molar-refractivity contribution in [3.05, 3.63) is 0 Å². The van der Waals surface area contributed by atoms with Gasteiger partial charge in [0.05, 0.1) is 18.4 Å². The first-order chi connectivity index (χ1) is 5.90. The number of rotatable bonds is 3.